The molecule has 0 spiro atoms. The van der Waals surface area contributed by atoms with Crippen molar-refractivity contribution < 1.29 is 13.9 Å². The topological polar surface area (TPSA) is 43.4 Å². The van der Waals surface area contributed by atoms with Gasteiger partial charge in [0, 0.05) is 0 Å². The molecule has 0 amide bonds. The standard InChI is InChI=1S/C18H20O3P/c1-5-15-8-6-7-9-16(15)21-22(20)18(19)17-13(3)10-12(2)11-14(17)4/h6-11H,5H2,1-4H3/q+1. The molecule has 0 aromatic heterocycles. The van der Waals surface area contributed by atoms with Crippen molar-refractivity contribution in [3.05, 3.63) is 64.2 Å². The Morgan fingerprint density at radius 2 is 1.68 bits per heavy atom. The zero-order valence-corrected chi connectivity index (χ0v) is 14.2. The Morgan fingerprint density at radius 1 is 1.09 bits per heavy atom. The summed E-state index contributed by atoms with van der Waals surface area (Å²) in [4.78, 5) is 12.5. The molecule has 2 aromatic carbocycles. The Bertz CT molecular complexity index is 712. The monoisotopic (exact) mass is 315 g/mol. The van der Waals surface area contributed by atoms with Crippen LogP contribution in [0.15, 0.2) is 36.4 Å². The molecule has 2 rings (SSSR count). The Labute approximate surface area is 132 Å². The second-order valence-electron chi connectivity index (χ2n) is 5.39. The van der Waals surface area contributed by atoms with Crippen molar-refractivity contribution in [2.24, 2.45) is 0 Å². The van der Waals surface area contributed by atoms with Crippen LogP contribution in [0.4, 0.5) is 0 Å². The van der Waals surface area contributed by atoms with Crippen LogP contribution in [-0.2, 0) is 11.0 Å². The molecule has 4 heteroatoms. The Kier molecular flexibility index (Phi) is 5.10. The van der Waals surface area contributed by atoms with Gasteiger partial charge in [-0.1, -0.05) is 42.8 Å². The van der Waals surface area contributed by atoms with Gasteiger partial charge in [-0.05, 0) is 54.5 Å². The van der Waals surface area contributed by atoms with Crippen LogP contribution in [-0.4, -0.2) is 5.52 Å². The molecule has 114 valence electrons. The summed E-state index contributed by atoms with van der Waals surface area (Å²) in [5, 5.41) is 0. The van der Waals surface area contributed by atoms with E-state index >= 15 is 0 Å². The molecule has 0 saturated carbocycles. The maximum atomic E-state index is 12.5. The number of rotatable bonds is 5. The summed E-state index contributed by atoms with van der Waals surface area (Å²) < 4.78 is 17.8. The second-order valence-corrected chi connectivity index (χ2v) is 6.49. The molecule has 0 aliphatic heterocycles. The van der Waals surface area contributed by atoms with Gasteiger partial charge in [-0.15, -0.1) is 0 Å². The predicted octanol–water partition coefficient (Wildman–Crippen LogP) is 5.14. The summed E-state index contributed by atoms with van der Waals surface area (Å²) in [6.07, 6.45) is 0.760. The Hall–Kier alpha value is -1.99. The third kappa shape index (κ3) is 3.42. The number of hydrogen-bond donors (Lipinski definition) is 0. The number of benzene rings is 2. The molecule has 0 heterocycles. The molecule has 1 atom stereocenters. The minimum Gasteiger partial charge on any atom is -0.248 e. The van der Waals surface area contributed by atoms with Crippen molar-refractivity contribution in [2.45, 2.75) is 34.1 Å². The number of hydrogen-bond acceptors (Lipinski definition) is 3. The molecule has 0 fully saturated rings. The Balaban J connectivity index is 2.29. The first-order valence-corrected chi connectivity index (χ1v) is 8.47. The Morgan fingerprint density at radius 3 is 2.27 bits per heavy atom. The maximum absolute atomic E-state index is 12.5. The molecule has 0 aliphatic carbocycles. The average molecular weight is 315 g/mol. The van der Waals surface area contributed by atoms with E-state index in [-0.39, 0.29) is 0 Å². The lowest BCUT2D eigenvalue weighted by Gasteiger charge is -2.05. The van der Waals surface area contributed by atoms with E-state index in [2.05, 4.69) is 0 Å². The van der Waals surface area contributed by atoms with Crippen LogP contribution in [0, 0.1) is 20.8 Å². The van der Waals surface area contributed by atoms with Crippen LogP contribution < -0.4 is 4.52 Å². The summed E-state index contributed by atoms with van der Waals surface area (Å²) in [6.45, 7) is 7.68. The molecular weight excluding hydrogens is 295 g/mol. The van der Waals surface area contributed by atoms with Crippen LogP contribution in [0.3, 0.4) is 0 Å². The largest absolute Gasteiger partial charge is 0.641 e. The van der Waals surface area contributed by atoms with Gasteiger partial charge in [-0.25, -0.2) is 9.32 Å². The molecule has 0 aliphatic rings. The van der Waals surface area contributed by atoms with E-state index in [4.69, 9.17) is 4.52 Å². The van der Waals surface area contributed by atoms with E-state index in [1.807, 2.05) is 58.0 Å². The third-order valence-corrected chi connectivity index (χ3v) is 4.51. The molecule has 0 N–H and O–H groups in total. The minimum atomic E-state index is -2.45. The highest BCUT2D eigenvalue weighted by Gasteiger charge is 2.36. The van der Waals surface area contributed by atoms with Gasteiger partial charge in [0.2, 0.25) is 0 Å². The van der Waals surface area contributed by atoms with Crippen LogP contribution in [0.2, 0.25) is 0 Å². The number of para-hydroxylation sites is 1. The van der Waals surface area contributed by atoms with Gasteiger partial charge in [0.25, 0.3) is 0 Å². The molecule has 0 radical (unpaired) electrons. The molecule has 1 unspecified atom stereocenters. The first kappa shape index (κ1) is 16.4. The minimum absolute atomic E-state index is 0.448. The van der Waals surface area contributed by atoms with Crippen molar-refractivity contribution >= 4 is 13.6 Å². The lowest BCUT2D eigenvalue weighted by atomic mass is 10.0. The molecule has 3 nitrogen and oxygen atoms in total. The van der Waals surface area contributed by atoms with E-state index in [0.717, 1.165) is 28.7 Å². The lowest BCUT2D eigenvalue weighted by Crippen LogP contribution is -2.04. The van der Waals surface area contributed by atoms with E-state index in [0.29, 0.717) is 11.3 Å². The van der Waals surface area contributed by atoms with Gasteiger partial charge in [0.05, 0.1) is 5.56 Å². The van der Waals surface area contributed by atoms with Gasteiger partial charge in [0.1, 0.15) is 0 Å². The fourth-order valence-corrected chi connectivity index (χ4v) is 3.60. The average Bonchev–Trinajstić information content (AvgIpc) is 2.46. The number of carbonyl (C=O) groups is 1. The van der Waals surface area contributed by atoms with E-state index in [1.54, 1.807) is 6.07 Å². The van der Waals surface area contributed by atoms with Crippen molar-refractivity contribution in [1.29, 1.82) is 0 Å². The summed E-state index contributed by atoms with van der Waals surface area (Å²) >= 11 is 0. The van der Waals surface area contributed by atoms with Crippen LogP contribution in [0.5, 0.6) is 5.75 Å². The number of carbonyl (C=O) groups excluding carboxylic acids is 1. The van der Waals surface area contributed by atoms with E-state index in [1.165, 1.54) is 0 Å². The molecule has 0 bridgehead atoms. The van der Waals surface area contributed by atoms with Crippen LogP contribution >= 0.6 is 8.03 Å². The van der Waals surface area contributed by atoms with Crippen LogP contribution in [0.1, 0.15) is 39.5 Å². The highest BCUT2D eigenvalue weighted by atomic mass is 31.1. The van der Waals surface area contributed by atoms with Crippen molar-refractivity contribution in [3.63, 3.8) is 0 Å². The smallest absolute Gasteiger partial charge is 0.248 e. The highest BCUT2D eigenvalue weighted by molar-refractivity contribution is 7.60. The lowest BCUT2D eigenvalue weighted by molar-refractivity contribution is 0.106. The van der Waals surface area contributed by atoms with E-state index in [9.17, 15) is 9.36 Å². The second kappa shape index (κ2) is 6.85. The first-order valence-electron chi connectivity index (χ1n) is 7.29. The summed E-state index contributed by atoms with van der Waals surface area (Å²) in [5.74, 6) is 0.516. The highest BCUT2D eigenvalue weighted by Crippen LogP contribution is 2.35. The normalized spacial score (nSPS) is 11.2. The van der Waals surface area contributed by atoms with E-state index < -0.39 is 13.6 Å². The van der Waals surface area contributed by atoms with Crippen LogP contribution in [0.25, 0.3) is 0 Å². The van der Waals surface area contributed by atoms with Gasteiger partial charge in [-0.3, -0.25) is 0 Å². The first-order chi connectivity index (χ1) is 10.4. The maximum Gasteiger partial charge on any atom is 0.641 e. The zero-order valence-electron chi connectivity index (χ0n) is 13.3. The SMILES string of the molecule is CCc1ccccc1O[P+](=O)C(=O)c1c(C)cc(C)cc1C. The summed E-state index contributed by atoms with van der Waals surface area (Å²) in [7, 11) is -2.45. The van der Waals surface area contributed by atoms with Crippen molar-refractivity contribution in [3.8, 4) is 5.75 Å². The van der Waals surface area contributed by atoms with Gasteiger partial charge in [0.15, 0.2) is 5.75 Å². The molecule has 0 saturated heterocycles. The quantitative estimate of drug-likeness (QED) is 0.718. The molecular formula is C18H20O3P+. The zero-order chi connectivity index (χ0) is 16.3. The fraction of sp³-hybridized carbons (Fsp3) is 0.278. The van der Waals surface area contributed by atoms with Crippen molar-refractivity contribution in [1.82, 2.24) is 0 Å². The van der Waals surface area contributed by atoms with Crippen molar-refractivity contribution in [2.75, 3.05) is 0 Å². The van der Waals surface area contributed by atoms with Gasteiger partial charge in [-0.2, -0.15) is 0 Å². The predicted molar refractivity (Wildman–Crippen MR) is 89.0 cm³/mol. The fourth-order valence-electron chi connectivity index (χ4n) is 2.62. The summed E-state index contributed by atoms with van der Waals surface area (Å²) in [6, 6.07) is 11.2. The molecule has 2 aromatic rings. The molecule has 22 heavy (non-hydrogen) atoms. The number of aryl methyl sites for hydroxylation is 4. The third-order valence-electron chi connectivity index (χ3n) is 3.59. The van der Waals surface area contributed by atoms with Gasteiger partial charge >= 0.3 is 13.6 Å². The summed E-state index contributed by atoms with van der Waals surface area (Å²) in [5.41, 5.74) is 3.74. The van der Waals surface area contributed by atoms with Gasteiger partial charge < -0.3 is 0 Å².